The van der Waals surface area contributed by atoms with Gasteiger partial charge in [0, 0.05) is 0 Å². The van der Waals surface area contributed by atoms with Gasteiger partial charge >= 0.3 is 6.18 Å². The number of benzene rings is 4. The van der Waals surface area contributed by atoms with Gasteiger partial charge in [0.05, 0.1) is 11.0 Å². The normalized spacial score (nSPS) is 14.1. The lowest BCUT2D eigenvalue weighted by Gasteiger charge is -2.34. The number of phenolic OH excluding ortho intramolecular Hbond substituents is 2. The van der Waals surface area contributed by atoms with Crippen molar-refractivity contribution in [2.75, 3.05) is 0 Å². The van der Waals surface area contributed by atoms with Crippen molar-refractivity contribution in [3.05, 3.63) is 118 Å². The van der Waals surface area contributed by atoms with Crippen molar-refractivity contribution in [3.8, 4) is 22.6 Å². The van der Waals surface area contributed by atoms with Gasteiger partial charge < -0.3 is 10.2 Å². The number of alkyl halides is 3. The molecule has 0 bridgehead atoms. The highest BCUT2D eigenvalue weighted by Gasteiger charge is 2.47. The van der Waals surface area contributed by atoms with Crippen LogP contribution in [-0.4, -0.2) is 10.2 Å². The first-order chi connectivity index (χ1) is 15.2. The Morgan fingerprint density at radius 3 is 1.69 bits per heavy atom. The molecule has 32 heavy (non-hydrogen) atoms. The molecule has 160 valence electrons. The molecule has 0 saturated carbocycles. The van der Waals surface area contributed by atoms with Gasteiger partial charge in [0.1, 0.15) is 11.5 Å². The fourth-order valence-corrected chi connectivity index (χ4v) is 4.91. The number of hydrogen-bond donors (Lipinski definition) is 2. The van der Waals surface area contributed by atoms with E-state index in [4.69, 9.17) is 0 Å². The maximum Gasteiger partial charge on any atom is 0.419 e. The second-order valence-electron chi connectivity index (χ2n) is 8.07. The third-order valence-corrected chi connectivity index (χ3v) is 6.32. The molecule has 0 radical (unpaired) electrons. The van der Waals surface area contributed by atoms with E-state index < -0.39 is 22.9 Å². The Labute approximate surface area is 183 Å². The molecule has 0 unspecified atom stereocenters. The summed E-state index contributed by atoms with van der Waals surface area (Å²) >= 11 is 0. The van der Waals surface area contributed by atoms with Crippen molar-refractivity contribution < 1.29 is 23.4 Å². The van der Waals surface area contributed by atoms with Crippen molar-refractivity contribution in [3.63, 3.8) is 0 Å². The Hall–Kier alpha value is -3.73. The summed E-state index contributed by atoms with van der Waals surface area (Å²) in [7, 11) is 0. The summed E-state index contributed by atoms with van der Waals surface area (Å²) in [4.78, 5) is 0. The zero-order valence-corrected chi connectivity index (χ0v) is 17.1. The molecule has 1 aliphatic carbocycles. The molecule has 0 aromatic heterocycles. The maximum absolute atomic E-state index is 13.8. The zero-order chi connectivity index (χ0) is 22.7. The van der Waals surface area contributed by atoms with Crippen LogP contribution in [0.25, 0.3) is 11.1 Å². The van der Waals surface area contributed by atoms with Crippen LogP contribution in [0.5, 0.6) is 11.5 Å². The minimum atomic E-state index is -4.70. The highest BCUT2D eigenvalue weighted by Crippen LogP contribution is 2.57. The summed E-state index contributed by atoms with van der Waals surface area (Å²) in [6.45, 7) is 1.76. The molecule has 0 atom stereocenters. The van der Waals surface area contributed by atoms with Gasteiger partial charge in [0.15, 0.2) is 0 Å². The smallest absolute Gasteiger partial charge is 0.419 e. The summed E-state index contributed by atoms with van der Waals surface area (Å²) in [5, 5.41) is 20.1. The van der Waals surface area contributed by atoms with Crippen molar-refractivity contribution in [1.29, 1.82) is 0 Å². The van der Waals surface area contributed by atoms with E-state index in [2.05, 4.69) is 0 Å². The first-order valence-corrected chi connectivity index (χ1v) is 10.1. The quantitative estimate of drug-likeness (QED) is 0.323. The molecule has 5 rings (SSSR count). The van der Waals surface area contributed by atoms with E-state index in [1.165, 1.54) is 0 Å². The van der Waals surface area contributed by atoms with E-state index in [-0.39, 0.29) is 5.75 Å². The monoisotopic (exact) mass is 432 g/mol. The van der Waals surface area contributed by atoms with E-state index >= 15 is 0 Å². The van der Waals surface area contributed by atoms with Gasteiger partial charge in [-0.2, -0.15) is 13.2 Å². The zero-order valence-electron chi connectivity index (χ0n) is 17.1. The Balaban J connectivity index is 1.95. The third-order valence-electron chi connectivity index (χ3n) is 6.32. The molecule has 4 aromatic carbocycles. The van der Waals surface area contributed by atoms with Crippen LogP contribution < -0.4 is 0 Å². The van der Waals surface area contributed by atoms with E-state index in [0.717, 1.165) is 39.9 Å². The van der Waals surface area contributed by atoms with E-state index in [0.29, 0.717) is 11.1 Å². The molecule has 0 spiro atoms. The number of halogens is 3. The molecular weight excluding hydrogens is 413 g/mol. The van der Waals surface area contributed by atoms with Crippen LogP contribution in [0.2, 0.25) is 0 Å². The summed E-state index contributed by atoms with van der Waals surface area (Å²) in [5.41, 5.74) is 3.22. The lowest BCUT2D eigenvalue weighted by molar-refractivity contribution is -0.138. The molecule has 1 aliphatic rings. The molecule has 0 heterocycles. The molecule has 2 N–H and O–H groups in total. The summed E-state index contributed by atoms with van der Waals surface area (Å²) in [6, 6.07) is 24.2. The van der Waals surface area contributed by atoms with Crippen molar-refractivity contribution >= 4 is 0 Å². The number of aromatic hydroxyl groups is 2. The van der Waals surface area contributed by atoms with Crippen LogP contribution in [0.3, 0.4) is 0 Å². The highest BCUT2D eigenvalue weighted by atomic mass is 19.4. The average molecular weight is 432 g/mol. The van der Waals surface area contributed by atoms with Crippen molar-refractivity contribution in [2.24, 2.45) is 0 Å². The van der Waals surface area contributed by atoms with Crippen LogP contribution in [0.4, 0.5) is 13.2 Å². The van der Waals surface area contributed by atoms with Gasteiger partial charge in [-0.05, 0) is 64.1 Å². The predicted octanol–water partition coefficient (Wildman–Crippen LogP) is 6.79. The second-order valence-corrected chi connectivity index (χ2v) is 8.07. The second kappa shape index (κ2) is 6.89. The summed E-state index contributed by atoms with van der Waals surface area (Å²) < 4.78 is 41.3. The number of fused-ring (bicyclic) bond motifs is 3. The van der Waals surface area contributed by atoms with Gasteiger partial charge in [-0.15, -0.1) is 0 Å². The minimum absolute atomic E-state index is 0.116. The molecule has 5 heteroatoms. The topological polar surface area (TPSA) is 40.5 Å². The standard InChI is InChI=1S/C27H19F3O2/c1-16-14-17(10-12-24(16)31)26(18-11-13-25(32)23(15-18)27(28,29)30)21-8-4-2-6-19(21)20-7-3-5-9-22(20)26/h2-15,31-32H,1H3. The minimum Gasteiger partial charge on any atom is -0.508 e. The van der Waals surface area contributed by atoms with Crippen LogP contribution >= 0.6 is 0 Å². The fourth-order valence-electron chi connectivity index (χ4n) is 4.91. The average Bonchev–Trinajstić information content (AvgIpc) is 3.07. The maximum atomic E-state index is 13.8. The molecular formula is C27H19F3O2. The van der Waals surface area contributed by atoms with Gasteiger partial charge in [-0.3, -0.25) is 0 Å². The first-order valence-electron chi connectivity index (χ1n) is 10.1. The van der Waals surface area contributed by atoms with Gasteiger partial charge in [0.2, 0.25) is 0 Å². The number of aryl methyl sites for hydroxylation is 1. The molecule has 0 fully saturated rings. The Bertz CT molecular complexity index is 1310. The molecule has 0 amide bonds. The van der Waals surface area contributed by atoms with Crippen molar-refractivity contribution in [1.82, 2.24) is 0 Å². The Morgan fingerprint density at radius 1 is 0.656 bits per heavy atom. The van der Waals surface area contributed by atoms with Gasteiger partial charge in [-0.25, -0.2) is 0 Å². The van der Waals surface area contributed by atoms with E-state index in [1.807, 2.05) is 54.6 Å². The first kappa shape index (κ1) is 20.2. The number of hydrogen-bond acceptors (Lipinski definition) is 2. The fraction of sp³-hybridized carbons (Fsp3) is 0.111. The van der Waals surface area contributed by atoms with Crippen LogP contribution in [0, 0.1) is 6.92 Å². The van der Waals surface area contributed by atoms with E-state index in [9.17, 15) is 23.4 Å². The van der Waals surface area contributed by atoms with E-state index in [1.54, 1.807) is 25.1 Å². The van der Waals surface area contributed by atoms with Crippen molar-refractivity contribution in [2.45, 2.75) is 18.5 Å². The summed E-state index contributed by atoms with van der Waals surface area (Å²) in [6.07, 6.45) is -4.70. The van der Waals surface area contributed by atoms with Crippen LogP contribution in [0.15, 0.2) is 84.9 Å². The molecule has 0 saturated heterocycles. The molecule has 0 aliphatic heterocycles. The van der Waals surface area contributed by atoms with Crippen LogP contribution in [-0.2, 0) is 11.6 Å². The van der Waals surface area contributed by atoms with Gasteiger partial charge in [0.25, 0.3) is 0 Å². The number of rotatable bonds is 2. The number of phenols is 2. The Morgan fingerprint density at radius 2 is 1.16 bits per heavy atom. The lowest BCUT2D eigenvalue weighted by atomic mass is 9.67. The predicted molar refractivity (Wildman–Crippen MR) is 117 cm³/mol. The lowest BCUT2D eigenvalue weighted by Crippen LogP contribution is -2.29. The SMILES string of the molecule is Cc1cc(C2(c3ccc(O)c(C(F)(F)F)c3)c3ccccc3-c3ccccc32)ccc1O. The highest BCUT2D eigenvalue weighted by molar-refractivity contribution is 5.86. The van der Waals surface area contributed by atoms with Gasteiger partial charge in [-0.1, -0.05) is 66.7 Å². The Kier molecular flexibility index (Phi) is 4.35. The summed E-state index contributed by atoms with van der Waals surface area (Å²) in [5.74, 6) is -0.692. The molecule has 2 nitrogen and oxygen atoms in total. The largest absolute Gasteiger partial charge is 0.508 e. The third kappa shape index (κ3) is 2.74. The molecule has 4 aromatic rings. The van der Waals surface area contributed by atoms with Crippen LogP contribution in [0.1, 0.15) is 33.4 Å².